The van der Waals surface area contributed by atoms with Crippen molar-refractivity contribution in [3.05, 3.63) is 61.7 Å². The smallest absolute Gasteiger partial charge is 0.294 e. The summed E-state index contributed by atoms with van der Waals surface area (Å²) in [6, 6.07) is 9.65. The summed E-state index contributed by atoms with van der Waals surface area (Å²) in [5.41, 5.74) is 1.59. The van der Waals surface area contributed by atoms with E-state index >= 15 is 0 Å². The number of nitrogens with zero attached hydrogens (tertiary/aromatic N) is 2. The quantitative estimate of drug-likeness (QED) is 0.390. The Morgan fingerprint density at radius 1 is 1.29 bits per heavy atom. The van der Waals surface area contributed by atoms with Crippen LogP contribution in [0, 0.1) is 12.3 Å². The zero-order valence-corrected chi connectivity index (χ0v) is 19.4. The highest BCUT2D eigenvalue weighted by atomic mass is 79.9. The molecule has 0 bridgehead atoms. The second-order valence-corrected chi connectivity index (χ2v) is 9.64. The SMILES string of the molecule is C#CCN1C(=O)S/C(=C\c2cn(CC(=O)NCc3cccs3)c3ccc(Br)cc23)C1=O. The lowest BCUT2D eigenvalue weighted by atomic mass is 10.1. The van der Waals surface area contributed by atoms with Crippen LogP contribution in [-0.4, -0.2) is 33.1 Å². The molecule has 9 heteroatoms. The topological polar surface area (TPSA) is 71.4 Å². The van der Waals surface area contributed by atoms with Crippen LogP contribution in [0.15, 0.2) is 51.3 Å². The van der Waals surface area contributed by atoms with Gasteiger partial charge in [0.15, 0.2) is 0 Å². The Bertz CT molecular complexity index is 1260. The predicted octanol–water partition coefficient (Wildman–Crippen LogP) is 4.45. The first kappa shape index (κ1) is 21.4. The Kier molecular flexibility index (Phi) is 6.32. The summed E-state index contributed by atoms with van der Waals surface area (Å²) in [5.74, 6) is 1.81. The molecule has 3 heterocycles. The summed E-state index contributed by atoms with van der Waals surface area (Å²) in [6.07, 6.45) is 8.75. The van der Waals surface area contributed by atoms with Crippen molar-refractivity contribution in [2.45, 2.75) is 13.1 Å². The monoisotopic (exact) mass is 513 g/mol. The zero-order chi connectivity index (χ0) is 22.0. The minimum Gasteiger partial charge on any atom is -0.350 e. The number of thioether (sulfide) groups is 1. The second kappa shape index (κ2) is 9.14. The number of amides is 3. The molecule has 2 aromatic heterocycles. The van der Waals surface area contributed by atoms with Gasteiger partial charge in [0.1, 0.15) is 6.54 Å². The number of nitrogens with one attached hydrogen (secondary N) is 1. The molecular weight excluding hydrogens is 498 g/mol. The fourth-order valence-corrected chi connectivity index (χ4v) is 5.06. The summed E-state index contributed by atoms with van der Waals surface area (Å²) >= 11 is 5.92. The van der Waals surface area contributed by atoms with Crippen LogP contribution in [-0.2, 0) is 22.7 Å². The summed E-state index contributed by atoms with van der Waals surface area (Å²) < 4.78 is 2.71. The van der Waals surface area contributed by atoms with Crippen molar-refractivity contribution in [1.29, 1.82) is 0 Å². The molecule has 3 amide bonds. The molecule has 0 radical (unpaired) electrons. The molecule has 1 N–H and O–H groups in total. The van der Waals surface area contributed by atoms with Gasteiger partial charge in [-0.25, -0.2) is 0 Å². The number of carbonyl (C=O) groups excluding carboxylic acids is 3. The van der Waals surface area contributed by atoms with Crippen molar-refractivity contribution >= 4 is 73.1 Å². The highest BCUT2D eigenvalue weighted by molar-refractivity contribution is 9.10. The van der Waals surface area contributed by atoms with Crippen molar-refractivity contribution < 1.29 is 14.4 Å². The van der Waals surface area contributed by atoms with Crippen LogP contribution in [0.3, 0.4) is 0 Å². The fraction of sp³-hybridized carbons (Fsp3) is 0.136. The molecule has 3 aromatic rings. The number of hydrogen-bond donors (Lipinski definition) is 1. The van der Waals surface area contributed by atoms with E-state index in [9.17, 15) is 14.4 Å². The number of fused-ring (bicyclic) bond motifs is 1. The average molecular weight is 514 g/mol. The lowest BCUT2D eigenvalue weighted by molar-refractivity contribution is -0.122. The molecular formula is C22H16BrN3O3S2. The maximum absolute atomic E-state index is 12.5. The number of aromatic nitrogens is 1. The molecule has 1 saturated heterocycles. The zero-order valence-electron chi connectivity index (χ0n) is 16.1. The number of terminal acetylenes is 1. The molecule has 0 saturated carbocycles. The molecule has 0 spiro atoms. The van der Waals surface area contributed by atoms with E-state index < -0.39 is 5.91 Å². The first-order chi connectivity index (χ1) is 15.0. The molecule has 1 aliphatic heterocycles. The molecule has 31 heavy (non-hydrogen) atoms. The Hall–Kier alpha value is -2.80. The third kappa shape index (κ3) is 4.61. The van der Waals surface area contributed by atoms with E-state index in [4.69, 9.17) is 6.42 Å². The molecule has 156 valence electrons. The summed E-state index contributed by atoms with van der Waals surface area (Å²) in [6.45, 7) is 0.562. The van der Waals surface area contributed by atoms with Crippen molar-refractivity contribution in [2.24, 2.45) is 0 Å². The van der Waals surface area contributed by atoms with E-state index in [2.05, 4.69) is 27.2 Å². The van der Waals surface area contributed by atoms with E-state index in [1.54, 1.807) is 17.4 Å². The van der Waals surface area contributed by atoms with Gasteiger partial charge in [0, 0.05) is 32.0 Å². The van der Waals surface area contributed by atoms with E-state index in [-0.39, 0.29) is 24.2 Å². The van der Waals surface area contributed by atoms with E-state index in [1.807, 2.05) is 46.5 Å². The van der Waals surface area contributed by atoms with E-state index in [1.165, 1.54) is 0 Å². The van der Waals surface area contributed by atoms with Crippen LogP contribution < -0.4 is 5.32 Å². The van der Waals surface area contributed by atoms with Crippen molar-refractivity contribution in [3.63, 3.8) is 0 Å². The van der Waals surface area contributed by atoms with Gasteiger partial charge in [-0.3, -0.25) is 19.3 Å². The molecule has 0 atom stereocenters. The highest BCUT2D eigenvalue weighted by Crippen LogP contribution is 2.34. The van der Waals surface area contributed by atoms with Crippen LogP contribution in [0.25, 0.3) is 17.0 Å². The van der Waals surface area contributed by atoms with Gasteiger partial charge in [-0.1, -0.05) is 27.9 Å². The third-order valence-corrected chi connectivity index (χ3v) is 6.91. The first-order valence-electron chi connectivity index (χ1n) is 9.22. The van der Waals surface area contributed by atoms with Gasteiger partial charge >= 0.3 is 0 Å². The van der Waals surface area contributed by atoms with Gasteiger partial charge in [-0.2, -0.15) is 0 Å². The van der Waals surface area contributed by atoms with E-state index in [0.717, 1.165) is 42.5 Å². The Balaban J connectivity index is 1.62. The minimum atomic E-state index is -0.405. The van der Waals surface area contributed by atoms with Crippen molar-refractivity contribution in [3.8, 4) is 12.3 Å². The summed E-state index contributed by atoms with van der Waals surface area (Å²) in [4.78, 5) is 39.6. The molecule has 6 nitrogen and oxygen atoms in total. The highest BCUT2D eigenvalue weighted by Gasteiger charge is 2.34. The second-order valence-electron chi connectivity index (χ2n) is 6.70. The molecule has 1 aliphatic rings. The largest absolute Gasteiger partial charge is 0.350 e. The summed E-state index contributed by atoms with van der Waals surface area (Å²) in [7, 11) is 0. The van der Waals surface area contributed by atoms with Gasteiger partial charge < -0.3 is 9.88 Å². The van der Waals surface area contributed by atoms with Gasteiger partial charge in [-0.15, -0.1) is 17.8 Å². The standard InChI is InChI=1S/C22H16BrN3O3S2/c1-2-7-26-21(28)19(31-22(26)29)9-14-12-25(18-6-5-15(23)10-17(14)18)13-20(27)24-11-16-4-3-8-30-16/h1,3-6,8-10,12H,7,11,13H2,(H,24,27)/b19-9-. The molecule has 1 aromatic carbocycles. The summed E-state index contributed by atoms with van der Waals surface area (Å²) in [5, 5.41) is 5.37. The fourth-order valence-electron chi connectivity index (χ4n) is 3.22. The first-order valence-corrected chi connectivity index (χ1v) is 11.7. The molecule has 0 aliphatic carbocycles. The predicted molar refractivity (Wildman–Crippen MR) is 127 cm³/mol. The minimum absolute atomic E-state index is 0.0558. The number of rotatable bonds is 6. The van der Waals surface area contributed by atoms with Crippen molar-refractivity contribution in [1.82, 2.24) is 14.8 Å². The van der Waals surface area contributed by atoms with Crippen LogP contribution >= 0.6 is 39.0 Å². The third-order valence-electron chi connectivity index (χ3n) is 4.64. The average Bonchev–Trinajstić information content (AvgIpc) is 3.43. The van der Waals surface area contributed by atoms with Gasteiger partial charge in [0.2, 0.25) is 5.91 Å². The maximum atomic E-state index is 12.5. The van der Waals surface area contributed by atoms with Gasteiger partial charge in [-0.05, 0) is 47.5 Å². The normalized spacial score (nSPS) is 15.1. The van der Waals surface area contributed by atoms with Crippen LogP contribution in [0.1, 0.15) is 10.4 Å². The molecule has 1 fully saturated rings. The number of carbonyl (C=O) groups is 3. The maximum Gasteiger partial charge on any atom is 0.294 e. The van der Waals surface area contributed by atoms with E-state index in [0.29, 0.717) is 11.4 Å². The number of thiophene rings is 1. The Labute approximate surface area is 195 Å². The number of benzene rings is 1. The number of hydrogen-bond acceptors (Lipinski definition) is 5. The van der Waals surface area contributed by atoms with Gasteiger partial charge in [0.05, 0.1) is 18.0 Å². The molecule has 4 rings (SSSR count). The Morgan fingerprint density at radius 2 is 2.13 bits per heavy atom. The number of imide groups is 1. The van der Waals surface area contributed by atoms with Crippen LogP contribution in [0.5, 0.6) is 0 Å². The van der Waals surface area contributed by atoms with Crippen molar-refractivity contribution in [2.75, 3.05) is 6.54 Å². The van der Waals surface area contributed by atoms with Gasteiger partial charge in [0.25, 0.3) is 11.1 Å². The molecule has 0 unspecified atom stereocenters. The lowest BCUT2D eigenvalue weighted by Gasteiger charge is -2.06. The Morgan fingerprint density at radius 3 is 2.87 bits per heavy atom. The lowest BCUT2D eigenvalue weighted by Crippen LogP contribution is -2.28. The van der Waals surface area contributed by atoms with Crippen LogP contribution in [0.2, 0.25) is 0 Å². The van der Waals surface area contributed by atoms with Crippen LogP contribution in [0.4, 0.5) is 4.79 Å². The number of halogens is 1.